The van der Waals surface area contributed by atoms with Crippen LogP contribution in [-0.2, 0) is 9.22 Å². The van der Waals surface area contributed by atoms with Crippen molar-refractivity contribution in [3.05, 3.63) is 12.2 Å². The zero-order chi connectivity index (χ0) is 18.5. The van der Waals surface area contributed by atoms with Crippen molar-refractivity contribution in [2.45, 2.75) is 71.7 Å². The van der Waals surface area contributed by atoms with E-state index in [1.807, 2.05) is 26.0 Å². The van der Waals surface area contributed by atoms with Gasteiger partial charge in [-0.05, 0) is 24.6 Å². The fourth-order valence-electron chi connectivity index (χ4n) is 1.77. The Morgan fingerprint density at radius 3 is 2.17 bits per heavy atom. The third kappa shape index (κ3) is 7.64. The predicted octanol–water partition coefficient (Wildman–Crippen LogP) is 3.82. The van der Waals surface area contributed by atoms with Gasteiger partial charge in [-0.1, -0.05) is 46.8 Å². The molecule has 0 aromatic heterocycles. The molecule has 0 aromatic rings. The molecule has 0 unspecified atom stereocenters. The molecule has 23 heavy (non-hydrogen) atoms. The maximum Gasteiger partial charge on any atom is 0.225 e. The number of aliphatic hydroxyl groups excluding tert-OH is 1. The standard InChI is InChI=1S/C18H37NO3Si/c1-17(2,3)23(8,9)22-14-12-15(20)18(4,5)13-10-11-16(21)19(6)7/h10,13,15,20H,11-12,14H2,1-9H3/b13-10+/t15-/m0/s1. The van der Waals surface area contributed by atoms with Crippen molar-refractivity contribution in [1.29, 1.82) is 0 Å². The van der Waals surface area contributed by atoms with Crippen LogP contribution in [0.15, 0.2) is 12.2 Å². The molecule has 0 radical (unpaired) electrons. The number of rotatable bonds is 8. The van der Waals surface area contributed by atoms with Gasteiger partial charge in [0.2, 0.25) is 5.91 Å². The van der Waals surface area contributed by atoms with Crippen molar-refractivity contribution in [3.8, 4) is 0 Å². The van der Waals surface area contributed by atoms with Crippen LogP contribution >= 0.6 is 0 Å². The van der Waals surface area contributed by atoms with Gasteiger partial charge < -0.3 is 14.4 Å². The van der Waals surface area contributed by atoms with Gasteiger partial charge in [-0.2, -0.15) is 0 Å². The Hall–Kier alpha value is -0.653. The fourth-order valence-corrected chi connectivity index (χ4v) is 2.83. The lowest BCUT2D eigenvalue weighted by Crippen LogP contribution is -2.42. The Bertz CT molecular complexity index is 409. The first-order chi connectivity index (χ1) is 10.2. The molecule has 0 spiro atoms. The zero-order valence-corrected chi connectivity index (χ0v) is 17.6. The summed E-state index contributed by atoms with van der Waals surface area (Å²) in [6.45, 7) is 15.6. The second kappa shape index (κ2) is 8.45. The van der Waals surface area contributed by atoms with Crippen molar-refractivity contribution in [2.75, 3.05) is 20.7 Å². The average molecular weight is 344 g/mol. The highest BCUT2D eigenvalue weighted by Gasteiger charge is 2.37. The van der Waals surface area contributed by atoms with Crippen LogP contribution in [0.4, 0.5) is 0 Å². The van der Waals surface area contributed by atoms with Gasteiger partial charge >= 0.3 is 0 Å². The van der Waals surface area contributed by atoms with E-state index in [2.05, 4.69) is 33.9 Å². The van der Waals surface area contributed by atoms with Crippen molar-refractivity contribution in [2.24, 2.45) is 5.41 Å². The quantitative estimate of drug-likeness (QED) is 0.538. The lowest BCUT2D eigenvalue weighted by Gasteiger charge is -2.37. The average Bonchev–Trinajstić information content (AvgIpc) is 2.36. The highest BCUT2D eigenvalue weighted by atomic mass is 28.4. The van der Waals surface area contributed by atoms with Gasteiger partial charge in [-0.3, -0.25) is 4.79 Å². The first kappa shape index (κ1) is 22.3. The van der Waals surface area contributed by atoms with E-state index in [0.29, 0.717) is 19.4 Å². The summed E-state index contributed by atoms with van der Waals surface area (Å²) < 4.78 is 6.13. The van der Waals surface area contributed by atoms with Gasteiger partial charge in [0.15, 0.2) is 8.32 Å². The Balaban J connectivity index is 4.46. The minimum Gasteiger partial charge on any atom is -0.417 e. The van der Waals surface area contributed by atoms with Crippen molar-refractivity contribution in [1.82, 2.24) is 4.90 Å². The molecule has 0 aromatic carbocycles. The Morgan fingerprint density at radius 1 is 1.22 bits per heavy atom. The molecule has 0 saturated heterocycles. The third-order valence-corrected chi connectivity index (χ3v) is 9.40. The molecule has 4 nitrogen and oxygen atoms in total. The van der Waals surface area contributed by atoms with Crippen LogP contribution in [-0.4, -0.2) is 51.0 Å². The van der Waals surface area contributed by atoms with E-state index < -0.39 is 14.4 Å². The summed E-state index contributed by atoms with van der Waals surface area (Å²) in [7, 11) is 1.73. The van der Waals surface area contributed by atoms with Gasteiger partial charge in [0, 0.05) is 32.5 Å². The van der Waals surface area contributed by atoms with E-state index in [-0.39, 0.29) is 16.4 Å². The number of hydrogen-bond donors (Lipinski definition) is 1. The molecule has 0 rings (SSSR count). The summed E-state index contributed by atoms with van der Waals surface area (Å²) in [5.74, 6) is 0.0628. The molecule has 1 amide bonds. The maximum absolute atomic E-state index is 11.6. The highest BCUT2D eigenvalue weighted by molar-refractivity contribution is 6.74. The molecule has 0 aliphatic rings. The van der Waals surface area contributed by atoms with Crippen LogP contribution < -0.4 is 0 Å². The molecular formula is C18H37NO3Si. The maximum atomic E-state index is 11.6. The molecule has 0 heterocycles. The number of carbonyl (C=O) groups excluding carboxylic acids is 1. The number of nitrogens with zero attached hydrogens (tertiary/aromatic N) is 1. The number of amides is 1. The van der Waals surface area contributed by atoms with E-state index in [1.165, 1.54) is 0 Å². The summed E-state index contributed by atoms with van der Waals surface area (Å²) in [6, 6.07) is 0. The lowest BCUT2D eigenvalue weighted by atomic mass is 9.84. The molecule has 0 bridgehead atoms. The molecule has 136 valence electrons. The van der Waals surface area contributed by atoms with Crippen molar-refractivity contribution in [3.63, 3.8) is 0 Å². The Labute approximate surface area is 144 Å². The van der Waals surface area contributed by atoms with E-state index in [4.69, 9.17) is 4.43 Å². The SMILES string of the molecule is CN(C)C(=O)C/C=C/C(C)(C)[C@@H](O)CCO[Si](C)(C)C(C)(C)C. The van der Waals surface area contributed by atoms with E-state index in [9.17, 15) is 9.90 Å². The first-order valence-corrected chi connectivity index (χ1v) is 11.3. The molecule has 0 aliphatic carbocycles. The molecule has 0 aliphatic heterocycles. The monoisotopic (exact) mass is 343 g/mol. The van der Waals surface area contributed by atoms with Crippen LogP contribution in [0, 0.1) is 5.41 Å². The van der Waals surface area contributed by atoms with Gasteiger partial charge in [-0.25, -0.2) is 0 Å². The van der Waals surface area contributed by atoms with Crippen LogP contribution in [0.2, 0.25) is 18.1 Å². The van der Waals surface area contributed by atoms with Gasteiger partial charge in [0.25, 0.3) is 0 Å². The zero-order valence-electron chi connectivity index (χ0n) is 16.6. The second-order valence-electron chi connectivity index (χ2n) is 8.63. The Kier molecular flexibility index (Phi) is 8.21. The topological polar surface area (TPSA) is 49.8 Å². The van der Waals surface area contributed by atoms with Crippen molar-refractivity contribution >= 4 is 14.2 Å². The molecular weight excluding hydrogens is 306 g/mol. The number of aliphatic hydroxyl groups is 1. The van der Waals surface area contributed by atoms with Gasteiger partial charge in [0.1, 0.15) is 0 Å². The molecule has 5 heteroatoms. The molecule has 1 N–H and O–H groups in total. The minimum absolute atomic E-state index is 0.0628. The van der Waals surface area contributed by atoms with Crippen LogP contribution in [0.1, 0.15) is 47.5 Å². The summed E-state index contributed by atoms with van der Waals surface area (Å²) in [5.41, 5.74) is -0.372. The number of hydrogen-bond acceptors (Lipinski definition) is 3. The normalized spacial score (nSPS) is 15.0. The second-order valence-corrected chi connectivity index (χ2v) is 13.4. The first-order valence-electron chi connectivity index (χ1n) is 8.40. The van der Waals surface area contributed by atoms with E-state index in [1.54, 1.807) is 19.0 Å². The molecule has 1 atom stereocenters. The minimum atomic E-state index is -1.76. The summed E-state index contributed by atoms with van der Waals surface area (Å²) >= 11 is 0. The number of carbonyl (C=O) groups is 1. The largest absolute Gasteiger partial charge is 0.417 e. The predicted molar refractivity (Wildman–Crippen MR) is 100 cm³/mol. The van der Waals surface area contributed by atoms with E-state index >= 15 is 0 Å². The van der Waals surface area contributed by atoms with Gasteiger partial charge in [-0.15, -0.1) is 0 Å². The summed E-state index contributed by atoms with van der Waals surface area (Å²) in [4.78, 5) is 13.1. The summed E-state index contributed by atoms with van der Waals surface area (Å²) in [5, 5.41) is 10.6. The smallest absolute Gasteiger partial charge is 0.225 e. The third-order valence-electron chi connectivity index (χ3n) is 4.86. The lowest BCUT2D eigenvalue weighted by molar-refractivity contribution is -0.127. The fraction of sp³-hybridized carbons (Fsp3) is 0.833. The van der Waals surface area contributed by atoms with Crippen molar-refractivity contribution < 1.29 is 14.3 Å². The van der Waals surface area contributed by atoms with Crippen LogP contribution in [0.3, 0.4) is 0 Å². The van der Waals surface area contributed by atoms with Crippen LogP contribution in [0.25, 0.3) is 0 Å². The molecule has 0 saturated carbocycles. The van der Waals surface area contributed by atoms with Crippen LogP contribution in [0.5, 0.6) is 0 Å². The van der Waals surface area contributed by atoms with E-state index in [0.717, 1.165) is 0 Å². The Morgan fingerprint density at radius 2 is 1.74 bits per heavy atom. The summed E-state index contributed by atoms with van der Waals surface area (Å²) in [6.07, 6.45) is 4.26. The molecule has 0 fully saturated rings. The highest BCUT2D eigenvalue weighted by Crippen LogP contribution is 2.37. The van der Waals surface area contributed by atoms with Gasteiger partial charge in [0.05, 0.1) is 6.10 Å².